The van der Waals surface area contributed by atoms with E-state index < -0.39 is 5.54 Å². The van der Waals surface area contributed by atoms with Crippen molar-refractivity contribution in [3.8, 4) is 0 Å². The van der Waals surface area contributed by atoms with Crippen molar-refractivity contribution in [2.24, 2.45) is 10.9 Å². The molecule has 2 aromatic carbocycles. The normalized spacial score (nSPS) is 25.8. The Bertz CT molecular complexity index is 937. The maximum atomic E-state index is 13.4. The van der Waals surface area contributed by atoms with Gasteiger partial charge >= 0.3 is 0 Å². The minimum absolute atomic E-state index is 0.0232. The molecule has 2 N–H and O–H groups in total. The first kappa shape index (κ1) is 16.3. The summed E-state index contributed by atoms with van der Waals surface area (Å²) in [6.45, 7) is 1.22. The van der Waals surface area contributed by atoms with E-state index in [0.29, 0.717) is 13.0 Å². The van der Waals surface area contributed by atoms with Crippen LogP contribution in [0.5, 0.6) is 0 Å². The van der Waals surface area contributed by atoms with Gasteiger partial charge in [0.15, 0.2) is 0 Å². The van der Waals surface area contributed by atoms with Crippen LogP contribution in [-0.2, 0) is 11.2 Å². The van der Waals surface area contributed by atoms with Crippen LogP contribution in [0.1, 0.15) is 11.1 Å². The molecule has 1 spiro atoms. The monoisotopic (exact) mass is 359 g/mol. The summed E-state index contributed by atoms with van der Waals surface area (Å²) in [4.78, 5) is 19.5. The van der Waals surface area contributed by atoms with Crippen LogP contribution in [0.3, 0.4) is 0 Å². The quantitative estimate of drug-likeness (QED) is 0.885. The number of anilines is 2. The van der Waals surface area contributed by atoms with Gasteiger partial charge in [0.2, 0.25) is 0 Å². The Morgan fingerprint density at radius 1 is 1.19 bits per heavy atom. The molecule has 0 aliphatic carbocycles. The fourth-order valence-electron chi connectivity index (χ4n) is 4.45. The van der Waals surface area contributed by atoms with E-state index in [1.165, 1.54) is 0 Å². The molecule has 2 unspecified atom stereocenters. The predicted octanol–water partition coefficient (Wildman–Crippen LogP) is 2.52. The molecule has 3 aliphatic rings. The number of aliphatic imine (C=N–C) groups is 1. The van der Waals surface area contributed by atoms with Crippen molar-refractivity contribution >= 4 is 29.1 Å². The number of para-hydroxylation sites is 1. The Morgan fingerprint density at radius 3 is 2.70 bits per heavy atom. The van der Waals surface area contributed by atoms with Crippen molar-refractivity contribution in [1.29, 1.82) is 0 Å². The highest BCUT2D eigenvalue weighted by Crippen LogP contribution is 2.43. The summed E-state index contributed by atoms with van der Waals surface area (Å²) < 4.78 is 0. The molecular formula is C22H21N3O2. The number of fused-ring (bicyclic) bond motifs is 1. The van der Waals surface area contributed by atoms with Crippen LogP contribution in [0.25, 0.3) is 5.57 Å². The zero-order valence-corrected chi connectivity index (χ0v) is 14.9. The van der Waals surface area contributed by atoms with Crippen molar-refractivity contribution in [2.75, 3.05) is 29.9 Å². The zero-order valence-electron chi connectivity index (χ0n) is 14.9. The maximum absolute atomic E-state index is 13.4. The SMILES string of the molecule is O=C1N(c2ccc(C3=CCN=C3)cc2)CC(CO)C12Cc1ccccc1N2. The molecule has 5 nitrogen and oxygen atoms in total. The second kappa shape index (κ2) is 6.06. The van der Waals surface area contributed by atoms with Gasteiger partial charge in [-0.1, -0.05) is 36.4 Å². The van der Waals surface area contributed by atoms with E-state index in [2.05, 4.69) is 16.4 Å². The number of allylic oxidation sites excluding steroid dienone is 1. The Balaban J connectivity index is 1.45. The Labute approximate surface area is 158 Å². The van der Waals surface area contributed by atoms with Crippen molar-refractivity contribution in [1.82, 2.24) is 0 Å². The highest BCUT2D eigenvalue weighted by atomic mass is 16.3. The van der Waals surface area contributed by atoms with Crippen molar-refractivity contribution < 1.29 is 9.90 Å². The summed E-state index contributed by atoms with van der Waals surface area (Å²) in [5.74, 6) is -0.117. The number of carbonyl (C=O) groups excluding carboxylic acids is 1. The molecule has 0 aromatic heterocycles. The number of carbonyl (C=O) groups is 1. The number of amides is 1. The number of hydrogen-bond acceptors (Lipinski definition) is 4. The lowest BCUT2D eigenvalue weighted by molar-refractivity contribution is -0.121. The van der Waals surface area contributed by atoms with E-state index in [-0.39, 0.29) is 18.4 Å². The molecule has 0 bridgehead atoms. The van der Waals surface area contributed by atoms with Crippen molar-refractivity contribution in [2.45, 2.75) is 12.0 Å². The number of hydrogen-bond donors (Lipinski definition) is 2. The van der Waals surface area contributed by atoms with Crippen LogP contribution in [-0.4, -0.2) is 42.5 Å². The van der Waals surface area contributed by atoms with Crippen LogP contribution >= 0.6 is 0 Å². The van der Waals surface area contributed by atoms with E-state index >= 15 is 0 Å². The molecule has 5 rings (SSSR count). The lowest BCUT2D eigenvalue weighted by Gasteiger charge is -2.28. The first-order chi connectivity index (χ1) is 13.2. The Kier molecular flexibility index (Phi) is 3.65. The molecule has 2 atom stereocenters. The fraction of sp³-hybridized carbons (Fsp3) is 0.273. The van der Waals surface area contributed by atoms with Gasteiger partial charge < -0.3 is 15.3 Å². The first-order valence-corrected chi connectivity index (χ1v) is 9.30. The molecule has 27 heavy (non-hydrogen) atoms. The molecule has 3 heterocycles. The van der Waals surface area contributed by atoms with Gasteiger partial charge in [0.1, 0.15) is 5.54 Å². The van der Waals surface area contributed by atoms with E-state index in [1.54, 1.807) is 4.90 Å². The zero-order chi connectivity index (χ0) is 18.4. The molecular weight excluding hydrogens is 338 g/mol. The number of rotatable bonds is 3. The van der Waals surface area contributed by atoms with E-state index in [0.717, 1.165) is 34.6 Å². The summed E-state index contributed by atoms with van der Waals surface area (Å²) >= 11 is 0. The molecule has 3 aliphatic heterocycles. The highest BCUT2D eigenvalue weighted by molar-refractivity contribution is 6.12. The minimum Gasteiger partial charge on any atom is -0.396 e. The number of nitrogens with zero attached hydrogens (tertiary/aromatic N) is 2. The third-order valence-corrected chi connectivity index (χ3v) is 5.95. The number of nitrogens with one attached hydrogen (secondary N) is 1. The smallest absolute Gasteiger partial charge is 0.253 e. The minimum atomic E-state index is -0.752. The van der Waals surface area contributed by atoms with Gasteiger partial charge in [0.05, 0.1) is 13.2 Å². The summed E-state index contributed by atoms with van der Waals surface area (Å²) in [6.07, 6.45) is 4.59. The molecule has 0 saturated carbocycles. The average Bonchev–Trinajstić information content (AvgIpc) is 3.42. The van der Waals surface area contributed by atoms with Gasteiger partial charge in [-0.3, -0.25) is 9.79 Å². The maximum Gasteiger partial charge on any atom is 0.253 e. The Morgan fingerprint density at radius 2 is 2.00 bits per heavy atom. The van der Waals surface area contributed by atoms with Gasteiger partial charge in [0.25, 0.3) is 5.91 Å². The first-order valence-electron chi connectivity index (χ1n) is 9.30. The van der Waals surface area contributed by atoms with Crippen LogP contribution < -0.4 is 10.2 Å². The topological polar surface area (TPSA) is 64.9 Å². The van der Waals surface area contributed by atoms with Gasteiger partial charge in [-0.2, -0.15) is 0 Å². The molecule has 2 aromatic rings. The van der Waals surface area contributed by atoms with E-state index in [9.17, 15) is 9.90 Å². The molecule has 1 saturated heterocycles. The van der Waals surface area contributed by atoms with Crippen molar-refractivity contribution in [3.05, 3.63) is 65.7 Å². The predicted molar refractivity (Wildman–Crippen MR) is 107 cm³/mol. The molecule has 1 fully saturated rings. The summed E-state index contributed by atoms with van der Waals surface area (Å²) in [5.41, 5.74) is 4.46. The standard InChI is InChI=1S/C22H21N3O2/c26-14-18-13-25(19-7-5-15(6-8-19)17-9-10-23-12-17)21(27)22(18)11-16-3-1-2-4-20(16)24-22/h1-9,12,18,24,26H,10-11,13-14H2. The number of aliphatic hydroxyl groups excluding tert-OH is 1. The molecule has 136 valence electrons. The number of aliphatic hydroxyl groups is 1. The van der Waals surface area contributed by atoms with Gasteiger partial charge in [-0.25, -0.2) is 0 Å². The van der Waals surface area contributed by atoms with Gasteiger partial charge in [0, 0.05) is 36.5 Å². The van der Waals surface area contributed by atoms with Crippen molar-refractivity contribution in [3.63, 3.8) is 0 Å². The molecule has 0 radical (unpaired) electrons. The van der Waals surface area contributed by atoms with Crippen LogP contribution in [0.4, 0.5) is 11.4 Å². The van der Waals surface area contributed by atoms with Gasteiger partial charge in [-0.15, -0.1) is 0 Å². The average molecular weight is 359 g/mol. The van der Waals surface area contributed by atoms with Crippen LogP contribution in [0.15, 0.2) is 59.6 Å². The second-order valence-corrected chi connectivity index (χ2v) is 7.43. The van der Waals surface area contributed by atoms with Crippen LogP contribution in [0, 0.1) is 5.92 Å². The lowest BCUT2D eigenvalue weighted by atomic mass is 9.84. The highest BCUT2D eigenvalue weighted by Gasteiger charge is 2.56. The third kappa shape index (κ3) is 2.42. The van der Waals surface area contributed by atoms with Crippen LogP contribution in [0.2, 0.25) is 0 Å². The fourth-order valence-corrected chi connectivity index (χ4v) is 4.45. The van der Waals surface area contributed by atoms with Gasteiger partial charge in [-0.05, 0) is 34.9 Å². The Hall–Kier alpha value is -2.92. The third-order valence-electron chi connectivity index (χ3n) is 5.95. The molecule has 5 heteroatoms. The largest absolute Gasteiger partial charge is 0.396 e. The second-order valence-electron chi connectivity index (χ2n) is 7.43. The van der Waals surface area contributed by atoms with E-state index in [1.807, 2.05) is 54.7 Å². The van der Waals surface area contributed by atoms with E-state index in [4.69, 9.17) is 0 Å². The molecule has 1 amide bonds. The summed E-state index contributed by atoms with van der Waals surface area (Å²) in [7, 11) is 0. The number of benzene rings is 2. The lowest BCUT2D eigenvalue weighted by Crippen LogP contribution is -2.50. The summed E-state index contributed by atoms with van der Waals surface area (Å²) in [5, 5.41) is 13.4. The summed E-state index contributed by atoms with van der Waals surface area (Å²) in [6, 6.07) is 16.0.